The third-order valence-electron chi connectivity index (χ3n) is 7.01. The zero-order valence-electron chi connectivity index (χ0n) is 18.6. The van der Waals surface area contributed by atoms with Crippen molar-refractivity contribution in [2.75, 3.05) is 19.6 Å². The molecule has 2 aromatic rings. The second-order valence-electron chi connectivity index (χ2n) is 9.25. The standard InChI is InChI=1S/C26H33N3O2/c1-3-12-28-25(31)26(10-15-29(16-11-26)24(30)23-17-19(23)2)18-21-6-4-5-7-22(21)20-8-13-27-14-9-20/h4-9,13-14,19,23H,3,10-12,15-18H2,1-2H3,(H,28,31)/t19-,23+/m0/s1. The fourth-order valence-electron chi connectivity index (χ4n) is 4.82. The zero-order chi connectivity index (χ0) is 21.8. The number of pyridine rings is 1. The first-order chi connectivity index (χ1) is 15.0. The average Bonchev–Trinajstić information content (AvgIpc) is 3.55. The van der Waals surface area contributed by atoms with Gasteiger partial charge in [-0.1, -0.05) is 38.1 Å². The van der Waals surface area contributed by atoms with Crippen molar-refractivity contribution in [1.82, 2.24) is 15.2 Å². The Balaban J connectivity index is 1.57. The molecule has 1 aliphatic carbocycles. The Bertz CT molecular complexity index is 919. The Morgan fingerprint density at radius 3 is 2.45 bits per heavy atom. The average molecular weight is 420 g/mol. The molecule has 2 heterocycles. The lowest BCUT2D eigenvalue weighted by Crippen LogP contribution is -2.51. The van der Waals surface area contributed by atoms with Gasteiger partial charge in [0.05, 0.1) is 5.41 Å². The number of nitrogens with zero attached hydrogens (tertiary/aromatic N) is 2. The molecule has 0 unspecified atom stereocenters. The van der Waals surface area contributed by atoms with Crippen LogP contribution in [0.1, 0.15) is 45.1 Å². The lowest BCUT2D eigenvalue weighted by atomic mass is 9.72. The van der Waals surface area contributed by atoms with Gasteiger partial charge in [0.1, 0.15) is 0 Å². The van der Waals surface area contributed by atoms with E-state index in [1.54, 1.807) is 12.4 Å². The van der Waals surface area contributed by atoms with Gasteiger partial charge in [-0.25, -0.2) is 0 Å². The Hall–Kier alpha value is -2.69. The molecule has 2 aliphatic rings. The highest BCUT2D eigenvalue weighted by molar-refractivity contribution is 5.85. The summed E-state index contributed by atoms with van der Waals surface area (Å²) in [6.45, 7) is 6.24. The monoisotopic (exact) mass is 419 g/mol. The number of nitrogens with one attached hydrogen (secondary N) is 1. The molecule has 5 nitrogen and oxygen atoms in total. The molecule has 2 amide bonds. The molecule has 0 radical (unpaired) electrons. The number of aromatic nitrogens is 1. The Labute approximate surface area is 185 Å². The molecule has 1 aromatic heterocycles. The third kappa shape index (κ3) is 4.65. The van der Waals surface area contributed by atoms with E-state index in [9.17, 15) is 9.59 Å². The van der Waals surface area contributed by atoms with Gasteiger partial charge in [-0.15, -0.1) is 0 Å². The van der Waals surface area contributed by atoms with Gasteiger partial charge >= 0.3 is 0 Å². The van der Waals surface area contributed by atoms with Crippen LogP contribution in [0.2, 0.25) is 0 Å². The fourth-order valence-corrected chi connectivity index (χ4v) is 4.82. The highest BCUT2D eigenvalue weighted by Gasteiger charge is 2.46. The number of carbonyl (C=O) groups excluding carboxylic acids is 2. The molecule has 1 N–H and O–H groups in total. The quantitative estimate of drug-likeness (QED) is 0.735. The van der Waals surface area contributed by atoms with Crippen LogP contribution < -0.4 is 5.32 Å². The maximum atomic E-state index is 13.4. The molecule has 0 spiro atoms. The summed E-state index contributed by atoms with van der Waals surface area (Å²) < 4.78 is 0. The van der Waals surface area contributed by atoms with Crippen molar-refractivity contribution in [1.29, 1.82) is 0 Å². The van der Waals surface area contributed by atoms with Crippen LogP contribution >= 0.6 is 0 Å². The number of piperidine rings is 1. The molecule has 5 heteroatoms. The van der Waals surface area contributed by atoms with E-state index in [1.807, 2.05) is 29.2 Å². The van der Waals surface area contributed by atoms with Crippen molar-refractivity contribution >= 4 is 11.8 Å². The molecule has 0 bridgehead atoms. The van der Waals surface area contributed by atoms with Gasteiger partial charge in [-0.3, -0.25) is 14.6 Å². The highest BCUT2D eigenvalue weighted by Crippen LogP contribution is 2.42. The molecular weight excluding hydrogens is 386 g/mol. The van der Waals surface area contributed by atoms with E-state index in [2.05, 4.69) is 36.3 Å². The Morgan fingerprint density at radius 1 is 1.13 bits per heavy atom. The van der Waals surface area contributed by atoms with Gasteiger partial charge in [-0.05, 0) is 66.8 Å². The second kappa shape index (κ2) is 9.21. The van der Waals surface area contributed by atoms with E-state index < -0.39 is 5.41 Å². The van der Waals surface area contributed by atoms with Crippen LogP contribution in [0.3, 0.4) is 0 Å². The van der Waals surface area contributed by atoms with E-state index in [0.717, 1.165) is 24.0 Å². The van der Waals surface area contributed by atoms with Crippen LogP contribution in [-0.4, -0.2) is 41.3 Å². The van der Waals surface area contributed by atoms with Crippen LogP contribution in [0.25, 0.3) is 11.1 Å². The molecule has 31 heavy (non-hydrogen) atoms. The molecule has 4 rings (SSSR count). The first kappa shape index (κ1) is 21.5. The van der Waals surface area contributed by atoms with Crippen LogP contribution in [0.5, 0.6) is 0 Å². The minimum Gasteiger partial charge on any atom is -0.356 e. The predicted molar refractivity (Wildman–Crippen MR) is 122 cm³/mol. The van der Waals surface area contributed by atoms with Crippen molar-refractivity contribution in [2.24, 2.45) is 17.3 Å². The van der Waals surface area contributed by atoms with E-state index in [0.29, 0.717) is 44.8 Å². The topological polar surface area (TPSA) is 62.3 Å². The minimum absolute atomic E-state index is 0.130. The fraction of sp³-hybridized carbons (Fsp3) is 0.500. The number of rotatable bonds is 7. The smallest absolute Gasteiger partial charge is 0.226 e. The third-order valence-corrected chi connectivity index (χ3v) is 7.01. The van der Waals surface area contributed by atoms with E-state index >= 15 is 0 Å². The number of hydrogen-bond acceptors (Lipinski definition) is 3. The molecular formula is C26H33N3O2. The molecule has 1 aliphatic heterocycles. The van der Waals surface area contributed by atoms with Crippen LogP contribution in [0, 0.1) is 17.3 Å². The first-order valence-corrected chi connectivity index (χ1v) is 11.6. The van der Waals surface area contributed by atoms with Gasteiger partial charge in [-0.2, -0.15) is 0 Å². The summed E-state index contributed by atoms with van der Waals surface area (Å²) in [7, 11) is 0. The van der Waals surface area contributed by atoms with Gasteiger partial charge in [0.25, 0.3) is 0 Å². The SMILES string of the molecule is CCCNC(=O)C1(Cc2ccccc2-c2ccncc2)CCN(C(=O)[C@@H]2C[C@@H]2C)CC1. The number of carbonyl (C=O) groups is 2. The second-order valence-corrected chi connectivity index (χ2v) is 9.25. The predicted octanol–water partition coefficient (Wildman–Crippen LogP) is 4.08. The number of hydrogen-bond donors (Lipinski definition) is 1. The number of likely N-dealkylation sites (tertiary alicyclic amines) is 1. The summed E-state index contributed by atoms with van der Waals surface area (Å²) in [6, 6.07) is 12.4. The molecule has 1 saturated carbocycles. The number of benzene rings is 1. The lowest BCUT2D eigenvalue weighted by Gasteiger charge is -2.41. The summed E-state index contributed by atoms with van der Waals surface area (Å²) in [5, 5.41) is 3.16. The molecule has 164 valence electrons. The van der Waals surface area contributed by atoms with E-state index in [1.165, 1.54) is 5.56 Å². The van der Waals surface area contributed by atoms with Gasteiger partial charge in [0.15, 0.2) is 0 Å². The van der Waals surface area contributed by atoms with Crippen molar-refractivity contribution in [3.8, 4) is 11.1 Å². The Kier molecular flexibility index (Phi) is 6.40. The largest absolute Gasteiger partial charge is 0.356 e. The van der Waals surface area contributed by atoms with Crippen molar-refractivity contribution in [3.05, 3.63) is 54.4 Å². The van der Waals surface area contributed by atoms with Crippen LogP contribution in [0.15, 0.2) is 48.8 Å². The zero-order valence-corrected chi connectivity index (χ0v) is 18.6. The van der Waals surface area contributed by atoms with E-state index in [4.69, 9.17) is 0 Å². The summed E-state index contributed by atoms with van der Waals surface area (Å²) in [6.07, 6.45) is 7.64. The normalized spacial score (nSPS) is 22.1. The molecule has 1 aromatic carbocycles. The molecule has 1 saturated heterocycles. The maximum absolute atomic E-state index is 13.4. The lowest BCUT2D eigenvalue weighted by molar-refractivity contribution is -0.141. The van der Waals surface area contributed by atoms with Crippen molar-refractivity contribution in [2.45, 2.75) is 46.0 Å². The minimum atomic E-state index is -0.482. The summed E-state index contributed by atoms with van der Waals surface area (Å²) in [4.78, 5) is 32.3. The summed E-state index contributed by atoms with van der Waals surface area (Å²) >= 11 is 0. The Morgan fingerprint density at radius 2 is 1.81 bits per heavy atom. The van der Waals surface area contributed by atoms with Crippen molar-refractivity contribution < 1.29 is 9.59 Å². The van der Waals surface area contributed by atoms with Gasteiger partial charge < -0.3 is 10.2 Å². The maximum Gasteiger partial charge on any atom is 0.226 e. The van der Waals surface area contributed by atoms with E-state index in [-0.39, 0.29) is 17.7 Å². The first-order valence-electron chi connectivity index (χ1n) is 11.6. The van der Waals surface area contributed by atoms with Crippen LogP contribution in [0.4, 0.5) is 0 Å². The number of amides is 2. The molecule has 2 fully saturated rings. The molecule has 2 atom stereocenters. The summed E-state index contributed by atoms with van der Waals surface area (Å²) in [5.74, 6) is 1.13. The van der Waals surface area contributed by atoms with Crippen molar-refractivity contribution in [3.63, 3.8) is 0 Å². The van der Waals surface area contributed by atoms with Gasteiger partial charge in [0.2, 0.25) is 11.8 Å². The van der Waals surface area contributed by atoms with Gasteiger partial charge in [0, 0.05) is 37.9 Å². The highest BCUT2D eigenvalue weighted by atomic mass is 16.2. The van der Waals surface area contributed by atoms with Crippen LogP contribution in [-0.2, 0) is 16.0 Å². The summed E-state index contributed by atoms with van der Waals surface area (Å²) in [5.41, 5.74) is 2.96.